The van der Waals surface area contributed by atoms with Crippen molar-refractivity contribution < 1.29 is 32.1 Å². The predicted molar refractivity (Wildman–Crippen MR) is 135 cm³/mol. The first-order valence-corrected chi connectivity index (χ1v) is 12.9. The lowest BCUT2D eigenvalue weighted by Crippen LogP contribution is -2.48. The third-order valence-electron chi connectivity index (χ3n) is 6.40. The number of sulfonamides is 1. The maximum absolute atomic E-state index is 14.2. The van der Waals surface area contributed by atoms with Crippen LogP contribution < -0.4 is 14.2 Å². The van der Waals surface area contributed by atoms with E-state index in [1.54, 1.807) is 33.5 Å². The summed E-state index contributed by atoms with van der Waals surface area (Å²) in [7, 11) is 2.25. The molecule has 0 aromatic heterocycles. The summed E-state index contributed by atoms with van der Waals surface area (Å²) in [6, 6.07) is 19.8. The smallest absolute Gasteiger partial charge is 0.247 e. The van der Waals surface area contributed by atoms with Crippen molar-refractivity contribution in [2.45, 2.75) is 23.6 Å². The SMILES string of the molecule is COc1ccc(CN(Cc2ccc(OC)cc2)S(=O)(=O)c2cc(C3(OC)COC3)ccc2OC)cc1. The van der Waals surface area contributed by atoms with Crippen LogP contribution >= 0.6 is 0 Å². The summed E-state index contributed by atoms with van der Waals surface area (Å²) >= 11 is 0. The van der Waals surface area contributed by atoms with Crippen LogP contribution in [0.1, 0.15) is 16.7 Å². The molecule has 3 aromatic rings. The molecule has 1 heterocycles. The Morgan fingerprint density at radius 2 is 1.31 bits per heavy atom. The van der Waals surface area contributed by atoms with Gasteiger partial charge in [0.05, 0.1) is 34.5 Å². The Balaban J connectivity index is 1.75. The van der Waals surface area contributed by atoms with Gasteiger partial charge in [0.15, 0.2) is 0 Å². The minimum atomic E-state index is -4.00. The van der Waals surface area contributed by atoms with Gasteiger partial charge in [-0.1, -0.05) is 30.3 Å². The largest absolute Gasteiger partial charge is 0.497 e. The van der Waals surface area contributed by atoms with E-state index in [0.29, 0.717) is 24.7 Å². The molecule has 0 N–H and O–H groups in total. The molecule has 0 radical (unpaired) electrons. The number of methoxy groups -OCH3 is 4. The molecule has 0 spiro atoms. The van der Waals surface area contributed by atoms with Gasteiger partial charge in [0.1, 0.15) is 27.7 Å². The number of benzene rings is 3. The van der Waals surface area contributed by atoms with Crippen molar-refractivity contribution in [2.24, 2.45) is 0 Å². The molecule has 9 heteroatoms. The second kappa shape index (κ2) is 10.9. The molecule has 1 aliphatic heterocycles. The van der Waals surface area contributed by atoms with Gasteiger partial charge in [-0.05, 0) is 53.1 Å². The van der Waals surface area contributed by atoms with Crippen molar-refractivity contribution in [3.05, 3.63) is 83.4 Å². The summed E-state index contributed by atoms with van der Waals surface area (Å²) in [5.74, 6) is 1.66. The van der Waals surface area contributed by atoms with Crippen molar-refractivity contribution in [2.75, 3.05) is 41.7 Å². The number of ether oxygens (including phenoxy) is 5. The first kappa shape index (κ1) is 26.0. The van der Waals surface area contributed by atoms with E-state index in [-0.39, 0.29) is 23.7 Å². The van der Waals surface area contributed by atoms with Crippen molar-refractivity contribution in [3.63, 3.8) is 0 Å². The van der Waals surface area contributed by atoms with Gasteiger partial charge in [0, 0.05) is 20.2 Å². The molecular formula is C27H31NO7S. The van der Waals surface area contributed by atoms with Gasteiger partial charge in [-0.15, -0.1) is 0 Å². The molecule has 0 bridgehead atoms. The minimum Gasteiger partial charge on any atom is -0.497 e. The normalized spacial score (nSPS) is 14.8. The van der Waals surface area contributed by atoms with E-state index in [4.69, 9.17) is 23.7 Å². The van der Waals surface area contributed by atoms with Crippen LogP contribution in [0, 0.1) is 0 Å². The first-order valence-electron chi connectivity index (χ1n) is 11.4. The first-order chi connectivity index (χ1) is 17.3. The minimum absolute atomic E-state index is 0.0767. The van der Waals surface area contributed by atoms with Gasteiger partial charge >= 0.3 is 0 Å². The van der Waals surface area contributed by atoms with E-state index in [2.05, 4.69) is 0 Å². The zero-order valence-electron chi connectivity index (χ0n) is 20.9. The van der Waals surface area contributed by atoms with Crippen LogP contribution in [0.4, 0.5) is 0 Å². The highest BCUT2D eigenvalue weighted by Crippen LogP contribution is 2.38. The molecule has 192 valence electrons. The van der Waals surface area contributed by atoms with Crippen LogP contribution in [0.3, 0.4) is 0 Å². The number of hydrogen-bond donors (Lipinski definition) is 0. The van der Waals surface area contributed by atoms with Crippen LogP contribution in [-0.4, -0.2) is 54.4 Å². The summed E-state index contributed by atoms with van der Waals surface area (Å²) < 4.78 is 56.8. The second-order valence-corrected chi connectivity index (χ2v) is 10.4. The van der Waals surface area contributed by atoms with Gasteiger partial charge in [-0.3, -0.25) is 0 Å². The Morgan fingerprint density at radius 1 is 0.778 bits per heavy atom. The van der Waals surface area contributed by atoms with Crippen molar-refractivity contribution in [1.82, 2.24) is 4.31 Å². The number of hydrogen-bond acceptors (Lipinski definition) is 7. The van der Waals surface area contributed by atoms with Crippen molar-refractivity contribution in [3.8, 4) is 17.2 Å². The van der Waals surface area contributed by atoms with Gasteiger partial charge in [-0.25, -0.2) is 8.42 Å². The van der Waals surface area contributed by atoms with Crippen LogP contribution in [0.25, 0.3) is 0 Å². The highest BCUT2D eigenvalue weighted by Gasteiger charge is 2.42. The molecule has 1 saturated heterocycles. The average molecular weight is 514 g/mol. The monoisotopic (exact) mass is 513 g/mol. The van der Waals surface area contributed by atoms with E-state index >= 15 is 0 Å². The summed E-state index contributed by atoms with van der Waals surface area (Å²) in [5, 5.41) is 0. The Bertz CT molecular complexity index is 1220. The molecule has 0 amide bonds. The fourth-order valence-electron chi connectivity index (χ4n) is 4.09. The second-order valence-electron chi connectivity index (χ2n) is 8.53. The molecule has 0 aliphatic carbocycles. The third-order valence-corrected chi connectivity index (χ3v) is 8.22. The zero-order chi connectivity index (χ0) is 25.8. The molecule has 36 heavy (non-hydrogen) atoms. The maximum atomic E-state index is 14.2. The van der Waals surface area contributed by atoms with Crippen LogP contribution in [0.5, 0.6) is 17.2 Å². The molecule has 3 aromatic carbocycles. The summed E-state index contributed by atoms with van der Waals surface area (Å²) in [6.45, 7) is 1.03. The lowest BCUT2D eigenvalue weighted by molar-refractivity contribution is -0.202. The Kier molecular flexibility index (Phi) is 7.85. The number of rotatable bonds is 11. The van der Waals surface area contributed by atoms with E-state index < -0.39 is 15.6 Å². The van der Waals surface area contributed by atoms with Gasteiger partial charge in [0.25, 0.3) is 0 Å². The Morgan fingerprint density at radius 3 is 1.69 bits per heavy atom. The summed E-state index contributed by atoms with van der Waals surface area (Å²) in [6.07, 6.45) is 0. The summed E-state index contributed by atoms with van der Waals surface area (Å²) in [4.78, 5) is 0.0767. The Hall–Kier alpha value is -3.11. The van der Waals surface area contributed by atoms with Crippen molar-refractivity contribution >= 4 is 10.0 Å². The fraction of sp³-hybridized carbons (Fsp3) is 0.333. The quantitative estimate of drug-likeness (QED) is 0.384. The lowest BCUT2D eigenvalue weighted by Gasteiger charge is -2.40. The fourth-order valence-corrected chi connectivity index (χ4v) is 5.68. The molecule has 8 nitrogen and oxygen atoms in total. The third kappa shape index (κ3) is 5.19. The Labute approximate surface area is 212 Å². The maximum Gasteiger partial charge on any atom is 0.247 e. The zero-order valence-corrected chi connectivity index (χ0v) is 21.7. The highest BCUT2D eigenvalue weighted by atomic mass is 32.2. The molecule has 0 atom stereocenters. The van der Waals surface area contributed by atoms with Crippen LogP contribution in [-0.2, 0) is 38.2 Å². The van der Waals surface area contributed by atoms with E-state index in [1.165, 1.54) is 11.4 Å². The molecule has 4 rings (SSSR count). The topological polar surface area (TPSA) is 83.5 Å². The van der Waals surface area contributed by atoms with Crippen LogP contribution in [0.15, 0.2) is 71.6 Å². The van der Waals surface area contributed by atoms with Gasteiger partial charge in [-0.2, -0.15) is 4.31 Å². The van der Waals surface area contributed by atoms with Gasteiger partial charge in [0.2, 0.25) is 10.0 Å². The van der Waals surface area contributed by atoms with Gasteiger partial charge < -0.3 is 23.7 Å². The molecule has 1 aliphatic rings. The summed E-state index contributed by atoms with van der Waals surface area (Å²) in [5.41, 5.74) is 1.70. The molecule has 0 saturated carbocycles. The van der Waals surface area contributed by atoms with Crippen molar-refractivity contribution in [1.29, 1.82) is 0 Å². The number of nitrogens with zero attached hydrogens (tertiary/aromatic N) is 1. The van der Waals surface area contributed by atoms with E-state index in [9.17, 15) is 8.42 Å². The van der Waals surface area contributed by atoms with E-state index in [0.717, 1.165) is 16.7 Å². The molecular weight excluding hydrogens is 482 g/mol. The molecule has 1 fully saturated rings. The highest BCUT2D eigenvalue weighted by molar-refractivity contribution is 7.89. The molecule has 0 unspecified atom stereocenters. The van der Waals surface area contributed by atoms with Crippen LogP contribution in [0.2, 0.25) is 0 Å². The average Bonchev–Trinajstić information content (AvgIpc) is 2.88. The lowest BCUT2D eigenvalue weighted by atomic mass is 9.92. The van der Waals surface area contributed by atoms with E-state index in [1.807, 2.05) is 54.6 Å². The predicted octanol–water partition coefficient (Wildman–Crippen LogP) is 3.98. The standard InChI is InChI=1S/C27H31NO7S/c1-31-23-10-5-20(6-11-23)16-28(17-21-7-12-24(32-2)13-8-21)36(29,30)26-15-22(9-14-25(26)33-3)27(34-4)18-35-19-27/h5-15H,16-19H2,1-4H3.